The zero-order valence-electron chi connectivity index (χ0n) is 11.2. The van der Waals surface area contributed by atoms with Crippen LogP contribution in [0.2, 0.25) is 0 Å². The van der Waals surface area contributed by atoms with Gasteiger partial charge in [-0.2, -0.15) is 0 Å². The number of likely N-dealkylation sites (N-methyl/N-ethyl adjacent to an activating group) is 1. The predicted molar refractivity (Wildman–Crippen MR) is 82.6 cm³/mol. The van der Waals surface area contributed by atoms with Gasteiger partial charge in [0, 0.05) is 6.54 Å². The van der Waals surface area contributed by atoms with Crippen LogP contribution in [0.1, 0.15) is 18.7 Å². The zero-order chi connectivity index (χ0) is 13.9. The molecule has 0 aliphatic heterocycles. The fourth-order valence-electron chi connectivity index (χ4n) is 2.39. The summed E-state index contributed by atoms with van der Waals surface area (Å²) in [6.07, 6.45) is 3.58. The predicted octanol–water partition coefficient (Wildman–Crippen LogP) is 3.74. The van der Waals surface area contributed by atoms with E-state index in [1.54, 1.807) is 6.26 Å². The summed E-state index contributed by atoms with van der Waals surface area (Å²) < 4.78 is 8.74. The number of nitrogens with zero attached hydrogens (tertiary/aromatic N) is 2. The number of para-hydroxylation sites is 2. The highest BCUT2D eigenvalue weighted by atomic mass is 79.9. The van der Waals surface area contributed by atoms with E-state index in [1.807, 2.05) is 30.6 Å². The second-order valence-electron chi connectivity index (χ2n) is 4.63. The minimum Gasteiger partial charge on any atom is -0.466 e. The maximum Gasteiger partial charge on any atom is 0.136 e. The summed E-state index contributed by atoms with van der Waals surface area (Å²) in [7, 11) is 0. The Balaban J connectivity index is 1.92. The molecular formula is C15H16BrN3O. The van der Waals surface area contributed by atoms with Gasteiger partial charge in [-0.15, -0.1) is 0 Å². The van der Waals surface area contributed by atoms with E-state index in [0.717, 1.165) is 34.4 Å². The second-order valence-corrected chi connectivity index (χ2v) is 5.48. The van der Waals surface area contributed by atoms with Crippen molar-refractivity contribution >= 4 is 27.0 Å². The summed E-state index contributed by atoms with van der Waals surface area (Å²) >= 11 is 3.53. The van der Waals surface area contributed by atoms with Crippen LogP contribution in [-0.4, -0.2) is 16.1 Å². The molecule has 0 aliphatic carbocycles. The first-order chi connectivity index (χ1) is 9.79. The van der Waals surface area contributed by atoms with Gasteiger partial charge in [0.15, 0.2) is 0 Å². The lowest BCUT2D eigenvalue weighted by Crippen LogP contribution is -2.25. The highest BCUT2D eigenvalue weighted by Gasteiger charge is 2.18. The quantitative estimate of drug-likeness (QED) is 0.773. The van der Waals surface area contributed by atoms with Gasteiger partial charge in [0.25, 0.3) is 0 Å². The van der Waals surface area contributed by atoms with Crippen LogP contribution in [0.4, 0.5) is 0 Å². The third-order valence-electron chi connectivity index (χ3n) is 3.32. The number of benzene rings is 1. The molecule has 1 atom stereocenters. The molecule has 0 bridgehead atoms. The lowest BCUT2D eigenvalue weighted by molar-refractivity contribution is 0.383. The van der Waals surface area contributed by atoms with Crippen molar-refractivity contribution in [2.24, 2.45) is 0 Å². The Kier molecular flexibility index (Phi) is 3.89. The van der Waals surface area contributed by atoms with Crippen LogP contribution in [0, 0.1) is 0 Å². The molecule has 1 N–H and O–H groups in total. The molecule has 0 spiro atoms. The maximum absolute atomic E-state index is 5.60. The Morgan fingerprint density at radius 3 is 2.95 bits per heavy atom. The van der Waals surface area contributed by atoms with Crippen molar-refractivity contribution in [3.63, 3.8) is 0 Å². The highest BCUT2D eigenvalue weighted by Crippen LogP contribution is 2.26. The molecule has 3 rings (SSSR count). The molecule has 0 amide bonds. The number of imidazole rings is 1. The van der Waals surface area contributed by atoms with Crippen molar-refractivity contribution in [1.29, 1.82) is 0 Å². The second kappa shape index (κ2) is 5.81. The van der Waals surface area contributed by atoms with Crippen LogP contribution < -0.4 is 5.32 Å². The summed E-state index contributed by atoms with van der Waals surface area (Å²) in [5.74, 6) is 0.921. The van der Waals surface area contributed by atoms with Gasteiger partial charge in [0.2, 0.25) is 0 Å². The summed E-state index contributed by atoms with van der Waals surface area (Å²) in [5.41, 5.74) is 2.15. The van der Waals surface area contributed by atoms with Crippen LogP contribution in [0.25, 0.3) is 11.0 Å². The Morgan fingerprint density at radius 2 is 2.20 bits per heavy atom. The van der Waals surface area contributed by atoms with E-state index in [-0.39, 0.29) is 6.04 Å². The molecule has 2 aromatic heterocycles. The van der Waals surface area contributed by atoms with Crippen molar-refractivity contribution in [1.82, 2.24) is 14.9 Å². The largest absolute Gasteiger partial charge is 0.466 e. The smallest absolute Gasteiger partial charge is 0.136 e. The van der Waals surface area contributed by atoms with Gasteiger partial charge in [-0.1, -0.05) is 19.1 Å². The fraction of sp³-hybridized carbons (Fsp3) is 0.267. The van der Waals surface area contributed by atoms with Crippen molar-refractivity contribution in [3.8, 4) is 0 Å². The van der Waals surface area contributed by atoms with E-state index in [1.165, 1.54) is 0 Å². The molecule has 5 heteroatoms. The zero-order valence-corrected chi connectivity index (χ0v) is 12.8. The Hall–Kier alpha value is -1.59. The molecule has 0 aliphatic rings. The number of furan rings is 1. The Morgan fingerprint density at radius 1 is 1.35 bits per heavy atom. The molecule has 0 saturated carbocycles. The van der Waals surface area contributed by atoms with Crippen molar-refractivity contribution in [2.45, 2.75) is 19.5 Å². The highest BCUT2D eigenvalue weighted by molar-refractivity contribution is 9.10. The number of fused-ring (bicyclic) bond motifs is 1. The normalized spacial score (nSPS) is 12.9. The van der Waals surface area contributed by atoms with Crippen LogP contribution >= 0.6 is 15.9 Å². The van der Waals surface area contributed by atoms with Gasteiger partial charge in [0.05, 0.1) is 34.1 Å². The number of hydrogen-bond donors (Lipinski definition) is 1. The third kappa shape index (κ3) is 2.51. The molecule has 0 fully saturated rings. The molecule has 1 aromatic carbocycles. The lowest BCUT2D eigenvalue weighted by Gasteiger charge is -2.17. The Bertz CT molecular complexity index is 704. The van der Waals surface area contributed by atoms with Gasteiger partial charge in [0.1, 0.15) is 5.76 Å². The summed E-state index contributed by atoms with van der Waals surface area (Å²) in [5, 5.41) is 3.46. The summed E-state index contributed by atoms with van der Waals surface area (Å²) in [6, 6.07) is 10.2. The van der Waals surface area contributed by atoms with E-state index in [2.05, 4.69) is 43.8 Å². The van der Waals surface area contributed by atoms with Gasteiger partial charge in [-0.3, -0.25) is 0 Å². The standard InChI is InChI=1S/C15H16BrN3O/c1-2-17-13(15-11(16)7-8-20-15)9-19-10-18-12-5-3-4-6-14(12)19/h3-8,10,13,17H,2,9H2,1H3. The monoisotopic (exact) mass is 333 g/mol. The molecule has 0 radical (unpaired) electrons. The van der Waals surface area contributed by atoms with Crippen molar-refractivity contribution in [2.75, 3.05) is 6.54 Å². The molecule has 2 heterocycles. The SMILES string of the molecule is CCNC(Cn1cnc2ccccc21)c1occc1Br. The van der Waals surface area contributed by atoms with Crippen molar-refractivity contribution in [3.05, 3.63) is 53.2 Å². The minimum atomic E-state index is 0.113. The number of halogens is 1. The molecule has 1 unspecified atom stereocenters. The fourth-order valence-corrected chi connectivity index (χ4v) is 2.87. The first kappa shape index (κ1) is 13.4. The molecular weight excluding hydrogens is 318 g/mol. The molecule has 104 valence electrons. The third-order valence-corrected chi connectivity index (χ3v) is 3.97. The van der Waals surface area contributed by atoms with E-state index in [4.69, 9.17) is 4.42 Å². The van der Waals surface area contributed by atoms with Crippen LogP contribution in [-0.2, 0) is 6.54 Å². The molecule has 0 saturated heterocycles. The average Bonchev–Trinajstić information content (AvgIpc) is 3.05. The summed E-state index contributed by atoms with van der Waals surface area (Å²) in [6.45, 7) is 3.75. The maximum atomic E-state index is 5.60. The van der Waals surface area contributed by atoms with E-state index >= 15 is 0 Å². The number of aromatic nitrogens is 2. The van der Waals surface area contributed by atoms with Gasteiger partial charge < -0.3 is 14.3 Å². The number of hydrogen-bond acceptors (Lipinski definition) is 3. The van der Waals surface area contributed by atoms with E-state index in [0.29, 0.717) is 0 Å². The first-order valence-corrected chi connectivity index (χ1v) is 7.45. The van der Waals surface area contributed by atoms with Gasteiger partial charge in [-0.05, 0) is 40.7 Å². The summed E-state index contributed by atoms with van der Waals surface area (Å²) in [4.78, 5) is 4.43. The van der Waals surface area contributed by atoms with E-state index < -0.39 is 0 Å². The first-order valence-electron chi connectivity index (χ1n) is 6.65. The van der Waals surface area contributed by atoms with Gasteiger partial charge in [-0.25, -0.2) is 4.98 Å². The lowest BCUT2D eigenvalue weighted by atomic mass is 10.2. The Labute approximate surface area is 125 Å². The minimum absolute atomic E-state index is 0.113. The topological polar surface area (TPSA) is 43.0 Å². The molecule has 20 heavy (non-hydrogen) atoms. The van der Waals surface area contributed by atoms with Crippen LogP contribution in [0.5, 0.6) is 0 Å². The average molecular weight is 334 g/mol. The van der Waals surface area contributed by atoms with Crippen LogP contribution in [0.15, 0.2) is 51.8 Å². The van der Waals surface area contributed by atoms with E-state index in [9.17, 15) is 0 Å². The van der Waals surface area contributed by atoms with Crippen LogP contribution in [0.3, 0.4) is 0 Å². The number of rotatable bonds is 5. The molecule has 4 nitrogen and oxygen atoms in total. The van der Waals surface area contributed by atoms with Crippen molar-refractivity contribution < 1.29 is 4.42 Å². The molecule has 3 aromatic rings. The number of nitrogens with one attached hydrogen (secondary N) is 1. The van der Waals surface area contributed by atoms with Gasteiger partial charge >= 0.3 is 0 Å².